The molecule has 18 heavy (non-hydrogen) atoms. The van der Waals surface area contributed by atoms with Gasteiger partial charge in [-0.3, -0.25) is 4.79 Å². The Balaban J connectivity index is 3.24. The van der Waals surface area contributed by atoms with Crippen molar-refractivity contribution in [3.63, 3.8) is 0 Å². The Hall–Kier alpha value is -0.580. The van der Waals surface area contributed by atoms with E-state index in [-0.39, 0.29) is 9.26 Å². The van der Waals surface area contributed by atoms with E-state index in [1.807, 2.05) is 0 Å². The van der Waals surface area contributed by atoms with Gasteiger partial charge >= 0.3 is 12.3 Å². The molecule has 0 aliphatic rings. The summed E-state index contributed by atoms with van der Waals surface area (Å²) in [6.07, 6.45) is -5.45. The van der Waals surface area contributed by atoms with Gasteiger partial charge in [0.05, 0.1) is 12.1 Å². The molecule has 0 unspecified atom stereocenters. The largest absolute Gasteiger partial charge is 0.573 e. The third-order valence-electron chi connectivity index (χ3n) is 1.76. The molecule has 4 nitrogen and oxygen atoms in total. The second kappa shape index (κ2) is 6.04. The van der Waals surface area contributed by atoms with Crippen LogP contribution in [0.4, 0.5) is 13.2 Å². The van der Waals surface area contributed by atoms with Gasteiger partial charge in [-0.25, -0.2) is 4.98 Å². The Morgan fingerprint density at radius 1 is 1.56 bits per heavy atom. The van der Waals surface area contributed by atoms with Gasteiger partial charge in [0, 0.05) is 10.9 Å². The van der Waals surface area contributed by atoms with Crippen LogP contribution in [0.1, 0.15) is 11.3 Å². The molecular weight excluding hydrogens is 434 g/mol. The Labute approximate surface area is 122 Å². The lowest BCUT2D eigenvalue weighted by Crippen LogP contribution is -2.20. The first-order chi connectivity index (χ1) is 8.23. The highest BCUT2D eigenvalue weighted by Crippen LogP contribution is 2.31. The van der Waals surface area contributed by atoms with Gasteiger partial charge < -0.3 is 9.84 Å². The van der Waals surface area contributed by atoms with Crippen molar-refractivity contribution in [2.45, 2.75) is 18.1 Å². The number of aromatic nitrogens is 1. The highest BCUT2D eigenvalue weighted by Gasteiger charge is 2.34. The summed E-state index contributed by atoms with van der Waals surface area (Å²) in [5.41, 5.74) is 0.374. The van der Waals surface area contributed by atoms with Crippen LogP contribution in [-0.4, -0.2) is 22.4 Å². The van der Waals surface area contributed by atoms with Gasteiger partial charge in [0.1, 0.15) is 3.70 Å². The summed E-state index contributed by atoms with van der Waals surface area (Å²) in [4.78, 5) is 14.5. The number of nitrogens with zero attached hydrogens (tertiary/aromatic N) is 1. The fraction of sp³-hybridized carbons (Fsp3) is 0.333. The van der Waals surface area contributed by atoms with Crippen LogP contribution in [0.25, 0.3) is 0 Å². The number of ether oxygens (including phenoxy) is 1. The van der Waals surface area contributed by atoms with Crippen molar-refractivity contribution in [3.8, 4) is 5.75 Å². The molecule has 100 valence electrons. The maximum Gasteiger partial charge on any atom is 0.573 e. The molecule has 1 rings (SSSR count). The summed E-state index contributed by atoms with van der Waals surface area (Å²) in [6, 6.07) is 1.27. The highest BCUT2D eigenvalue weighted by molar-refractivity contribution is 14.1. The molecule has 0 bridgehead atoms. The molecule has 1 heterocycles. The SMILES string of the molecule is O=C(O)Cc1cc(CBr)nc(I)c1OC(F)(F)F. The maximum atomic E-state index is 12.2. The van der Waals surface area contributed by atoms with Crippen LogP contribution in [0.3, 0.4) is 0 Å². The number of aliphatic carboxylic acids is 1. The lowest BCUT2D eigenvalue weighted by molar-refractivity contribution is -0.275. The minimum atomic E-state index is -4.88. The first kappa shape index (κ1) is 15.5. The number of hydrogen-bond acceptors (Lipinski definition) is 3. The number of hydrogen-bond donors (Lipinski definition) is 1. The number of rotatable bonds is 4. The van der Waals surface area contributed by atoms with Gasteiger partial charge in [-0.2, -0.15) is 0 Å². The molecule has 0 atom stereocenters. The maximum absolute atomic E-state index is 12.2. The summed E-state index contributed by atoms with van der Waals surface area (Å²) >= 11 is 4.67. The minimum absolute atomic E-state index is 0.0295. The van der Waals surface area contributed by atoms with Crippen molar-refractivity contribution in [2.75, 3.05) is 0 Å². The van der Waals surface area contributed by atoms with Gasteiger partial charge in [0.2, 0.25) is 0 Å². The van der Waals surface area contributed by atoms with Crippen molar-refractivity contribution in [2.24, 2.45) is 0 Å². The van der Waals surface area contributed by atoms with Gasteiger partial charge in [-0.1, -0.05) is 15.9 Å². The smallest absolute Gasteiger partial charge is 0.481 e. The number of halogens is 5. The molecule has 0 aromatic carbocycles. The molecule has 0 amide bonds. The molecule has 0 saturated carbocycles. The van der Waals surface area contributed by atoms with E-state index < -0.39 is 24.5 Å². The fourth-order valence-electron chi connectivity index (χ4n) is 1.19. The van der Waals surface area contributed by atoms with E-state index in [0.29, 0.717) is 11.0 Å². The predicted molar refractivity (Wildman–Crippen MR) is 67.6 cm³/mol. The quantitative estimate of drug-likeness (QED) is 0.445. The molecule has 0 spiro atoms. The van der Waals surface area contributed by atoms with Gasteiger partial charge in [-0.05, 0) is 28.7 Å². The molecule has 0 radical (unpaired) electrons. The van der Waals surface area contributed by atoms with E-state index in [9.17, 15) is 18.0 Å². The lowest BCUT2D eigenvalue weighted by Gasteiger charge is -2.14. The Bertz CT molecular complexity index is 467. The summed E-state index contributed by atoms with van der Waals surface area (Å²) < 4.78 is 40.4. The predicted octanol–water partition coefficient (Wildman–Crippen LogP) is 3.11. The van der Waals surface area contributed by atoms with Crippen molar-refractivity contribution in [3.05, 3.63) is 21.0 Å². The molecule has 1 aromatic heterocycles. The molecule has 0 aliphatic heterocycles. The van der Waals surface area contributed by atoms with E-state index >= 15 is 0 Å². The first-order valence-corrected chi connectivity index (χ1v) is 6.64. The molecule has 1 aromatic rings. The topological polar surface area (TPSA) is 59.4 Å². The number of pyridine rings is 1. The fourth-order valence-corrected chi connectivity index (χ4v) is 2.25. The molecule has 0 fully saturated rings. The van der Waals surface area contributed by atoms with E-state index in [4.69, 9.17) is 5.11 Å². The standard InChI is InChI=1S/C9H6BrF3INO3/c10-3-5-1-4(2-6(16)17)7(8(14)15-5)18-9(11,12)13/h1H,2-3H2,(H,16,17). The average Bonchev–Trinajstić information content (AvgIpc) is 2.20. The summed E-state index contributed by atoms with van der Waals surface area (Å²) in [7, 11) is 0. The van der Waals surface area contributed by atoms with Crippen molar-refractivity contribution < 1.29 is 27.8 Å². The Kier molecular flexibility index (Phi) is 5.20. The van der Waals surface area contributed by atoms with Crippen LogP contribution in [0.15, 0.2) is 6.07 Å². The van der Waals surface area contributed by atoms with E-state index in [1.54, 1.807) is 22.6 Å². The van der Waals surface area contributed by atoms with Crippen molar-refractivity contribution >= 4 is 44.5 Å². The zero-order valence-electron chi connectivity index (χ0n) is 8.59. The summed E-state index contributed by atoms with van der Waals surface area (Å²) in [6.45, 7) is 0. The monoisotopic (exact) mass is 439 g/mol. The lowest BCUT2D eigenvalue weighted by atomic mass is 10.1. The first-order valence-electron chi connectivity index (χ1n) is 4.44. The van der Waals surface area contributed by atoms with Gasteiger partial charge in [0.15, 0.2) is 5.75 Å². The second-order valence-electron chi connectivity index (χ2n) is 3.14. The highest BCUT2D eigenvalue weighted by atomic mass is 127. The van der Waals surface area contributed by atoms with Crippen molar-refractivity contribution in [1.82, 2.24) is 4.98 Å². The van der Waals surface area contributed by atoms with Gasteiger partial charge in [-0.15, -0.1) is 13.2 Å². The zero-order chi connectivity index (χ0) is 13.9. The average molecular weight is 440 g/mol. The number of carboxylic acid groups (broad SMARTS) is 1. The molecule has 1 N–H and O–H groups in total. The number of carbonyl (C=O) groups is 1. The second-order valence-corrected chi connectivity index (χ2v) is 4.73. The van der Waals surface area contributed by atoms with Crippen LogP contribution in [-0.2, 0) is 16.5 Å². The Morgan fingerprint density at radius 3 is 2.61 bits per heavy atom. The zero-order valence-corrected chi connectivity index (χ0v) is 12.3. The third-order valence-corrected chi connectivity index (χ3v) is 3.06. The van der Waals surface area contributed by atoms with Crippen LogP contribution >= 0.6 is 38.5 Å². The van der Waals surface area contributed by atoms with Crippen LogP contribution in [0.2, 0.25) is 0 Å². The van der Waals surface area contributed by atoms with E-state index in [0.717, 1.165) is 0 Å². The van der Waals surface area contributed by atoms with Crippen molar-refractivity contribution in [1.29, 1.82) is 0 Å². The minimum Gasteiger partial charge on any atom is -0.481 e. The Morgan fingerprint density at radius 2 is 2.17 bits per heavy atom. The normalized spacial score (nSPS) is 11.4. The van der Waals surface area contributed by atoms with Crippen LogP contribution in [0.5, 0.6) is 5.75 Å². The molecule has 9 heteroatoms. The van der Waals surface area contributed by atoms with Crippen LogP contribution in [0, 0.1) is 3.70 Å². The van der Waals surface area contributed by atoms with E-state index in [1.165, 1.54) is 6.07 Å². The number of alkyl halides is 4. The molecular formula is C9H6BrF3INO3. The van der Waals surface area contributed by atoms with E-state index in [2.05, 4.69) is 25.7 Å². The third kappa shape index (κ3) is 4.59. The molecule has 0 aliphatic carbocycles. The summed E-state index contributed by atoms with van der Waals surface area (Å²) in [5, 5.41) is 8.98. The van der Waals surface area contributed by atoms with Gasteiger partial charge in [0.25, 0.3) is 0 Å². The summed E-state index contributed by atoms with van der Waals surface area (Å²) in [5.74, 6) is -1.81. The molecule has 0 saturated heterocycles. The van der Waals surface area contributed by atoms with Crippen LogP contribution < -0.4 is 4.74 Å². The number of carboxylic acids is 1.